The molecular formula is C17H27NO2. The van der Waals surface area contributed by atoms with Gasteiger partial charge in [-0.25, -0.2) is 0 Å². The number of aryl methyl sites for hydroxylation is 2. The van der Waals surface area contributed by atoms with Crippen molar-refractivity contribution >= 4 is 5.97 Å². The second kappa shape index (κ2) is 8.05. The van der Waals surface area contributed by atoms with E-state index < -0.39 is 5.97 Å². The number of hydrogen-bond donors (Lipinski definition) is 2. The molecule has 0 aliphatic heterocycles. The average Bonchev–Trinajstić information content (AvgIpc) is 2.37. The lowest BCUT2D eigenvalue weighted by molar-refractivity contribution is -0.141. The molecule has 3 heteroatoms. The van der Waals surface area contributed by atoms with E-state index in [1.54, 1.807) is 6.92 Å². The molecule has 3 nitrogen and oxygen atoms in total. The summed E-state index contributed by atoms with van der Waals surface area (Å²) in [6.07, 6.45) is 2.72. The van der Waals surface area contributed by atoms with Crippen LogP contribution in [0.3, 0.4) is 0 Å². The highest BCUT2D eigenvalue weighted by atomic mass is 16.4. The molecule has 0 fully saturated rings. The summed E-state index contributed by atoms with van der Waals surface area (Å²) >= 11 is 0. The second-order valence-electron chi connectivity index (χ2n) is 5.82. The second-order valence-corrected chi connectivity index (χ2v) is 5.82. The molecule has 0 amide bonds. The smallest absolute Gasteiger partial charge is 0.306 e. The number of benzene rings is 1. The Morgan fingerprint density at radius 1 is 1.20 bits per heavy atom. The van der Waals surface area contributed by atoms with E-state index in [0.29, 0.717) is 6.04 Å². The van der Waals surface area contributed by atoms with Crippen molar-refractivity contribution in [1.82, 2.24) is 5.32 Å². The van der Waals surface area contributed by atoms with Crippen LogP contribution >= 0.6 is 0 Å². The Morgan fingerprint density at radius 2 is 1.80 bits per heavy atom. The van der Waals surface area contributed by atoms with Gasteiger partial charge in [-0.2, -0.15) is 0 Å². The molecule has 1 rings (SSSR count). The number of aliphatic carboxylic acids is 1. The van der Waals surface area contributed by atoms with Crippen molar-refractivity contribution < 1.29 is 9.90 Å². The maximum absolute atomic E-state index is 10.7. The van der Waals surface area contributed by atoms with Gasteiger partial charge < -0.3 is 10.4 Å². The maximum Gasteiger partial charge on any atom is 0.306 e. The van der Waals surface area contributed by atoms with Crippen LogP contribution in [-0.4, -0.2) is 17.1 Å². The summed E-state index contributed by atoms with van der Waals surface area (Å²) in [4.78, 5) is 10.7. The highest BCUT2D eigenvalue weighted by Gasteiger charge is 2.11. The van der Waals surface area contributed by atoms with Gasteiger partial charge in [0.15, 0.2) is 0 Å². The van der Waals surface area contributed by atoms with Gasteiger partial charge in [0.25, 0.3) is 0 Å². The van der Waals surface area contributed by atoms with Crippen LogP contribution in [0.2, 0.25) is 0 Å². The minimum absolute atomic E-state index is 0.235. The van der Waals surface area contributed by atoms with Gasteiger partial charge in [0.1, 0.15) is 0 Å². The highest BCUT2D eigenvalue weighted by molar-refractivity contribution is 5.69. The first kappa shape index (κ1) is 16.7. The van der Waals surface area contributed by atoms with Crippen LogP contribution < -0.4 is 5.32 Å². The average molecular weight is 277 g/mol. The molecule has 0 bridgehead atoms. The Bertz CT molecular complexity index is 422. The molecule has 0 aliphatic carbocycles. The predicted molar refractivity (Wildman–Crippen MR) is 82.9 cm³/mol. The molecule has 0 saturated carbocycles. The number of nitrogens with one attached hydrogen (secondary N) is 1. The molecular weight excluding hydrogens is 250 g/mol. The molecule has 2 atom stereocenters. The van der Waals surface area contributed by atoms with Crippen LogP contribution in [0.4, 0.5) is 0 Å². The third-order valence-electron chi connectivity index (χ3n) is 3.97. The number of carboxylic acid groups (broad SMARTS) is 1. The van der Waals surface area contributed by atoms with E-state index in [-0.39, 0.29) is 5.92 Å². The first-order valence-electron chi connectivity index (χ1n) is 7.43. The fourth-order valence-corrected chi connectivity index (χ4v) is 2.36. The summed E-state index contributed by atoms with van der Waals surface area (Å²) in [7, 11) is 0. The van der Waals surface area contributed by atoms with Crippen LogP contribution in [0.25, 0.3) is 0 Å². The normalized spacial score (nSPS) is 14.0. The van der Waals surface area contributed by atoms with Crippen LogP contribution in [0, 0.1) is 19.8 Å². The summed E-state index contributed by atoms with van der Waals surface area (Å²) in [6, 6.07) is 6.78. The molecule has 2 N–H and O–H groups in total. The molecule has 0 heterocycles. The van der Waals surface area contributed by atoms with Gasteiger partial charge in [0.05, 0.1) is 5.92 Å². The SMILES string of the molecule is Cc1cccc(C)c1CNC(C)CCCC(C)C(=O)O. The Labute approximate surface area is 122 Å². The maximum atomic E-state index is 10.7. The monoisotopic (exact) mass is 277 g/mol. The van der Waals surface area contributed by atoms with E-state index in [9.17, 15) is 4.79 Å². The highest BCUT2D eigenvalue weighted by Crippen LogP contribution is 2.14. The topological polar surface area (TPSA) is 49.3 Å². The third-order valence-corrected chi connectivity index (χ3v) is 3.97. The molecule has 20 heavy (non-hydrogen) atoms. The van der Waals surface area contributed by atoms with Gasteiger partial charge in [-0.15, -0.1) is 0 Å². The summed E-state index contributed by atoms with van der Waals surface area (Å²) < 4.78 is 0. The Hall–Kier alpha value is -1.35. The van der Waals surface area contributed by atoms with Crippen molar-refractivity contribution in [2.24, 2.45) is 5.92 Å². The molecule has 0 aliphatic rings. The molecule has 0 spiro atoms. The van der Waals surface area contributed by atoms with E-state index >= 15 is 0 Å². The molecule has 0 aromatic heterocycles. The molecule has 1 aromatic rings. The quantitative estimate of drug-likeness (QED) is 0.762. The lowest BCUT2D eigenvalue weighted by atomic mass is 10.0. The van der Waals surface area contributed by atoms with Crippen molar-refractivity contribution in [1.29, 1.82) is 0 Å². The van der Waals surface area contributed by atoms with Gasteiger partial charge in [-0.3, -0.25) is 4.79 Å². The van der Waals surface area contributed by atoms with Crippen molar-refractivity contribution in [3.8, 4) is 0 Å². The first-order chi connectivity index (χ1) is 9.41. The summed E-state index contributed by atoms with van der Waals surface area (Å²) in [6.45, 7) is 9.11. The van der Waals surface area contributed by atoms with Gasteiger partial charge >= 0.3 is 5.97 Å². The largest absolute Gasteiger partial charge is 0.481 e. The first-order valence-corrected chi connectivity index (χ1v) is 7.43. The zero-order chi connectivity index (χ0) is 15.1. The minimum atomic E-state index is -0.693. The predicted octanol–water partition coefficient (Wildman–Crippen LogP) is 3.67. The Kier molecular flexibility index (Phi) is 6.73. The lowest BCUT2D eigenvalue weighted by Gasteiger charge is -2.17. The van der Waals surface area contributed by atoms with Crippen LogP contribution in [-0.2, 0) is 11.3 Å². The van der Waals surface area contributed by atoms with Gasteiger partial charge in [-0.1, -0.05) is 31.5 Å². The summed E-state index contributed by atoms with van der Waals surface area (Å²) in [5.74, 6) is -0.929. The Morgan fingerprint density at radius 3 is 2.35 bits per heavy atom. The summed E-state index contributed by atoms with van der Waals surface area (Å²) in [5, 5.41) is 12.4. The minimum Gasteiger partial charge on any atom is -0.481 e. The van der Waals surface area contributed by atoms with Crippen LogP contribution in [0.5, 0.6) is 0 Å². The fraction of sp³-hybridized carbons (Fsp3) is 0.588. The van der Waals surface area contributed by atoms with E-state index in [1.807, 2.05) is 0 Å². The third kappa shape index (κ3) is 5.33. The van der Waals surface area contributed by atoms with Crippen molar-refractivity contribution in [3.63, 3.8) is 0 Å². The number of carboxylic acids is 1. The van der Waals surface area contributed by atoms with E-state index in [4.69, 9.17) is 5.11 Å². The van der Waals surface area contributed by atoms with E-state index in [1.165, 1.54) is 16.7 Å². The zero-order valence-corrected chi connectivity index (χ0v) is 13.1. The Balaban J connectivity index is 2.33. The standard InChI is InChI=1S/C17H27NO2/c1-12-7-5-8-13(2)16(12)11-18-15(4)10-6-9-14(3)17(19)20/h5,7-8,14-15,18H,6,9-11H2,1-4H3,(H,19,20). The zero-order valence-electron chi connectivity index (χ0n) is 13.1. The number of carbonyl (C=O) groups is 1. The van der Waals surface area contributed by atoms with Gasteiger partial charge in [-0.05, 0) is 50.3 Å². The molecule has 2 unspecified atom stereocenters. The number of rotatable bonds is 8. The van der Waals surface area contributed by atoms with Gasteiger partial charge in [0, 0.05) is 12.6 Å². The van der Waals surface area contributed by atoms with E-state index in [2.05, 4.69) is 44.3 Å². The molecule has 112 valence electrons. The molecule has 1 aromatic carbocycles. The van der Waals surface area contributed by atoms with Crippen LogP contribution in [0.1, 0.15) is 49.8 Å². The van der Waals surface area contributed by atoms with Gasteiger partial charge in [0.2, 0.25) is 0 Å². The van der Waals surface area contributed by atoms with E-state index in [0.717, 1.165) is 25.8 Å². The van der Waals surface area contributed by atoms with Crippen LogP contribution in [0.15, 0.2) is 18.2 Å². The number of hydrogen-bond acceptors (Lipinski definition) is 2. The molecule has 0 saturated heterocycles. The lowest BCUT2D eigenvalue weighted by Crippen LogP contribution is -2.26. The van der Waals surface area contributed by atoms with Crippen molar-refractivity contribution in [2.75, 3.05) is 0 Å². The fourth-order valence-electron chi connectivity index (χ4n) is 2.36. The van der Waals surface area contributed by atoms with Crippen molar-refractivity contribution in [2.45, 2.75) is 59.5 Å². The van der Waals surface area contributed by atoms with Crippen molar-refractivity contribution in [3.05, 3.63) is 34.9 Å². The summed E-state index contributed by atoms with van der Waals surface area (Å²) in [5.41, 5.74) is 4.02. The molecule has 0 radical (unpaired) electrons.